The quantitative estimate of drug-likeness (QED) is 0.758. The van der Waals surface area contributed by atoms with E-state index in [2.05, 4.69) is 15.3 Å². The van der Waals surface area contributed by atoms with Crippen LogP contribution >= 0.6 is 0 Å². The lowest BCUT2D eigenvalue weighted by Crippen LogP contribution is -2.38. The Morgan fingerprint density at radius 3 is 2.71 bits per heavy atom. The molecule has 0 saturated carbocycles. The summed E-state index contributed by atoms with van der Waals surface area (Å²) in [4.78, 5) is 34.4. The van der Waals surface area contributed by atoms with Gasteiger partial charge < -0.3 is 15.2 Å². The summed E-state index contributed by atoms with van der Waals surface area (Å²) in [5.74, 6) is 0.0967. The minimum atomic E-state index is -1.28. The molecule has 1 aromatic carbocycles. The van der Waals surface area contributed by atoms with Gasteiger partial charge in [-0.05, 0) is 50.5 Å². The van der Waals surface area contributed by atoms with Gasteiger partial charge >= 0.3 is 6.09 Å². The number of aliphatic hydroxyl groups is 1. The van der Waals surface area contributed by atoms with E-state index < -0.39 is 17.8 Å². The molecule has 0 spiro atoms. The van der Waals surface area contributed by atoms with Gasteiger partial charge in [0.05, 0.1) is 6.33 Å². The number of halogens is 1. The van der Waals surface area contributed by atoms with Gasteiger partial charge in [-0.15, -0.1) is 0 Å². The largest absolute Gasteiger partial charge is 0.444 e. The van der Waals surface area contributed by atoms with Gasteiger partial charge in [0.1, 0.15) is 11.7 Å². The van der Waals surface area contributed by atoms with Crippen molar-refractivity contribution in [2.75, 3.05) is 18.0 Å². The molecule has 0 radical (unpaired) electrons. The van der Waals surface area contributed by atoms with Crippen molar-refractivity contribution < 1.29 is 23.8 Å². The number of anilines is 1. The van der Waals surface area contributed by atoms with Crippen molar-refractivity contribution in [3.8, 4) is 0 Å². The number of fused-ring (bicyclic) bond motifs is 1. The molecular weight excluding hydrogens is 403 g/mol. The zero-order chi connectivity index (χ0) is 22.6. The number of amides is 2. The SMILES string of the molecule is CC(C)(C)OC(=O)NC/C(=C\F)C(O)c1ccc2c(c1)CCN(c1ncccn1)C2=O. The highest BCUT2D eigenvalue weighted by Gasteiger charge is 2.28. The Hall–Kier alpha value is -3.33. The average molecular weight is 428 g/mol. The summed E-state index contributed by atoms with van der Waals surface area (Å²) in [6, 6.07) is 6.52. The van der Waals surface area contributed by atoms with Crippen LogP contribution in [0.3, 0.4) is 0 Å². The number of alkyl carbamates (subject to hydrolysis) is 1. The molecule has 164 valence electrons. The number of nitrogens with zero attached hydrogens (tertiary/aromatic N) is 3. The molecule has 2 aromatic rings. The molecule has 31 heavy (non-hydrogen) atoms. The first-order valence-corrected chi connectivity index (χ1v) is 9.85. The number of ether oxygens (including phenoxy) is 1. The maximum absolute atomic E-state index is 13.4. The molecule has 1 unspecified atom stereocenters. The van der Waals surface area contributed by atoms with Crippen LogP contribution in [0.1, 0.15) is 48.4 Å². The molecule has 2 heterocycles. The highest BCUT2D eigenvalue weighted by atomic mass is 19.1. The minimum absolute atomic E-state index is 0.0349. The second-order valence-electron chi connectivity index (χ2n) is 8.11. The van der Waals surface area contributed by atoms with Crippen molar-refractivity contribution in [2.24, 2.45) is 0 Å². The average Bonchev–Trinajstić information content (AvgIpc) is 2.73. The van der Waals surface area contributed by atoms with E-state index in [1.165, 1.54) is 4.90 Å². The number of rotatable bonds is 5. The highest BCUT2D eigenvalue weighted by Crippen LogP contribution is 2.28. The number of hydrogen-bond acceptors (Lipinski definition) is 6. The lowest BCUT2D eigenvalue weighted by atomic mass is 9.93. The predicted molar refractivity (Wildman–Crippen MR) is 112 cm³/mol. The van der Waals surface area contributed by atoms with Gasteiger partial charge in [0.2, 0.25) is 5.95 Å². The van der Waals surface area contributed by atoms with E-state index in [0.717, 1.165) is 5.56 Å². The molecule has 1 aromatic heterocycles. The van der Waals surface area contributed by atoms with E-state index >= 15 is 0 Å². The number of carbonyl (C=O) groups excluding carboxylic acids is 2. The predicted octanol–water partition coefficient (Wildman–Crippen LogP) is 3.09. The highest BCUT2D eigenvalue weighted by molar-refractivity contribution is 6.07. The van der Waals surface area contributed by atoms with Crippen molar-refractivity contribution in [3.63, 3.8) is 0 Å². The molecule has 2 N–H and O–H groups in total. The van der Waals surface area contributed by atoms with E-state index in [0.29, 0.717) is 30.0 Å². The third-order valence-electron chi connectivity index (χ3n) is 4.65. The first kappa shape index (κ1) is 22.4. The smallest absolute Gasteiger partial charge is 0.407 e. The molecule has 1 aliphatic heterocycles. The van der Waals surface area contributed by atoms with Gasteiger partial charge in [-0.2, -0.15) is 0 Å². The fourth-order valence-electron chi connectivity index (χ4n) is 3.20. The van der Waals surface area contributed by atoms with Gasteiger partial charge in [-0.1, -0.05) is 12.1 Å². The monoisotopic (exact) mass is 428 g/mol. The third-order valence-corrected chi connectivity index (χ3v) is 4.65. The molecule has 8 nitrogen and oxygen atoms in total. The van der Waals surface area contributed by atoms with Crippen molar-refractivity contribution >= 4 is 17.9 Å². The van der Waals surface area contributed by atoms with Crippen molar-refractivity contribution in [1.29, 1.82) is 0 Å². The van der Waals surface area contributed by atoms with Crippen LogP contribution in [0.4, 0.5) is 15.1 Å². The van der Waals surface area contributed by atoms with E-state index in [1.54, 1.807) is 57.4 Å². The second kappa shape index (κ2) is 9.22. The van der Waals surface area contributed by atoms with Crippen LogP contribution in [-0.2, 0) is 11.2 Å². The van der Waals surface area contributed by atoms with Crippen LogP contribution in [-0.4, -0.2) is 45.8 Å². The summed E-state index contributed by atoms with van der Waals surface area (Å²) >= 11 is 0. The van der Waals surface area contributed by atoms with Crippen LogP contribution in [0.5, 0.6) is 0 Å². The molecule has 0 bridgehead atoms. The van der Waals surface area contributed by atoms with E-state index in [-0.39, 0.29) is 24.4 Å². The zero-order valence-corrected chi connectivity index (χ0v) is 17.6. The number of nitrogens with one attached hydrogen (secondary N) is 1. The van der Waals surface area contributed by atoms with Gasteiger partial charge in [0, 0.05) is 36.6 Å². The Balaban J connectivity index is 1.71. The molecule has 0 aliphatic carbocycles. The molecule has 3 rings (SSSR count). The van der Waals surface area contributed by atoms with Crippen molar-refractivity contribution in [2.45, 2.75) is 38.9 Å². The normalized spacial score (nSPS) is 15.3. The van der Waals surface area contributed by atoms with Crippen LogP contribution in [0.25, 0.3) is 0 Å². The molecule has 1 aliphatic rings. The van der Waals surface area contributed by atoms with Crippen LogP contribution in [0.2, 0.25) is 0 Å². The standard InChI is InChI=1S/C22H25FN4O4/c1-22(2,3)31-21(30)26-13-16(12-23)18(28)15-5-6-17-14(11-15)7-10-27(19(17)29)20-24-8-4-9-25-20/h4-6,8-9,11-12,18,28H,7,10,13H2,1-3H3,(H,26,30)/b16-12+. The summed E-state index contributed by atoms with van der Waals surface area (Å²) in [6.45, 7) is 5.31. The molecule has 0 saturated heterocycles. The topological polar surface area (TPSA) is 105 Å². The molecular formula is C22H25FN4O4. The summed E-state index contributed by atoms with van der Waals surface area (Å²) in [5.41, 5.74) is 0.920. The van der Waals surface area contributed by atoms with Crippen LogP contribution < -0.4 is 10.2 Å². The first-order valence-electron chi connectivity index (χ1n) is 9.85. The van der Waals surface area contributed by atoms with E-state index in [1.807, 2.05) is 0 Å². The van der Waals surface area contributed by atoms with Gasteiger partial charge in [-0.25, -0.2) is 19.2 Å². The summed E-state index contributed by atoms with van der Waals surface area (Å²) in [5, 5.41) is 13.0. The Morgan fingerprint density at radius 2 is 2.06 bits per heavy atom. The van der Waals surface area contributed by atoms with Gasteiger partial charge in [0.15, 0.2) is 0 Å². The number of aromatic nitrogens is 2. The van der Waals surface area contributed by atoms with Crippen molar-refractivity contribution in [1.82, 2.24) is 15.3 Å². The maximum atomic E-state index is 13.4. The number of aliphatic hydroxyl groups excluding tert-OH is 1. The molecule has 0 fully saturated rings. The Morgan fingerprint density at radius 1 is 1.35 bits per heavy atom. The molecule has 9 heteroatoms. The van der Waals surface area contributed by atoms with Crippen LogP contribution in [0.15, 0.2) is 48.6 Å². The van der Waals surface area contributed by atoms with Crippen molar-refractivity contribution in [3.05, 3.63) is 65.3 Å². The molecule has 1 atom stereocenters. The van der Waals surface area contributed by atoms with Crippen LogP contribution in [0, 0.1) is 0 Å². The fourth-order valence-corrected chi connectivity index (χ4v) is 3.20. The first-order chi connectivity index (χ1) is 14.7. The lowest BCUT2D eigenvalue weighted by Gasteiger charge is -2.27. The second-order valence-corrected chi connectivity index (χ2v) is 8.11. The van der Waals surface area contributed by atoms with E-state index in [4.69, 9.17) is 4.74 Å². The Kier molecular flexibility index (Phi) is 6.65. The fraction of sp³-hybridized carbons (Fsp3) is 0.364. The van der Waals surface area contributed by atoms with Gasteiger partial charge in [-0.3, -0.25) is 9.69 Å². The molecule has 2 amide bonds. The zero-order valence-electron chi connectivity index (χ0n) is 17.6. The number of benzene rings is 1. The van der Waals surface area contributed by atoms with Gasteiger partial charge in [0.25, 0.3) is 5.91 Å². The van der Waals surface area contributed by atoms with E-state index in [9.17, 15) is 19.1 Å². The maximum Gasteiger partial charge on any atom is 0.407 e. The summed E-state index contributed by atoms with van der Waals surface area (Å²) in [6.07, 6.45) is 1.95. The Bertz CT molecular complexity index is 989. The summed E-state index contributed by atoms with van der Waals surface area (Å²) < 4.78 is 18.6. The lowest BCUT2D eigenvalue weighted by molar-refractivity contribution is 0.0529. The number of hydrogen-bond donors (Lipinski definition) is 2. The minimum Gasteiger partial charge on any atom is -0.444 e. The Labute approximate surface area is 179 Å². The third kappa shape index (κ3) is 5.43. The number of carbonyl (C=O) groups is 2. The summed E-state index contributed by atoms with van der Waals surface area (Å²) in [7, 11) is 0.